The Bertz CT molecular complexity index is 989. The minimum absolute atomic E-state index is 0.227. The lowest BCUT2D eigenvalue weighted by Crippen LogP contribution is -2.60. The molecule has 3 aliphatic heterocycles. The number of carbonyl (C=O) groups excluding carboxylic acids is 1. The minimum atomic E-state index is 0.227. The zero-order chi connectivity index (χ0) is 19.5. The first-order chi connectivity index (χ1) is 14.2. The van der Waals surface area contributed by atoms with Crippen molar-refractivity contribution < 1.29 is 4.79 Å². The van der Waals surface area contributed by atoms with E-state index in [4.69, 9.17) is 0 Å². The molecule has 3 fully saturated rings. The molecule has 4 heterocycles. The van der Waals surface area contributed by atoms with Crippen molar-refractivity contribution in [2.75, 3.05) is 19.6 Å². The highest BCUT2D eigenvalue weighted by Gasteiger charge is 2.46. The van der Waals surface area contributed by atoms with E-state index in [1.54, 1.807) is 5.57 Å². The quantitative estimate of drug-likeness (QED) is 0.684. The fraction of sp³-hybridized carbons (Fsp3) is 0.560. The summed E-state index contributed by atoms with van der Waals surface area (Å²) in [5.41, 5.74) is 3.60. The Kier molecular flexibility index (Phi) is 4.12. The summed E-state index contributed by atoms with van der Waals surface area (Å²) in [6.07, 6.45) is 12.3. The van der Waals surface area contributed by atoms with Crippen LogP contribution in [0.3, 0.4) is 0 Å². The molecule has 4 heteroatoms. The number of carbonyl (C=O) groups is 1. The fourth-order valence-electron chi connectivity index (χ4n) is 6.78. The summed E-state index contributed by atoms with van der Waals surface area (Å²) in [6, 6.07) is 9.40. The van der Waals surface area contributed by atoms with Gasteiger partial charge in [-0.3, -0.25) is 9.69 Å². The van der Waals surface area contributed by atoms with Gasteiger partial charge in [0.2, 0.25) is 0 Å². The molecule has 4 atom stereocenters. The van der Waals surface area contributed by atoms with Crippen molar-refractivity contribution in [3.63, 3.8) is 0 Å². The van der Waals surface area contributed by atoms with Crippen molar-refractivity contribution in [2.45, 2.75) is 50.6 Å². The number of likely N-dealkylation sites (tertiary alicyclic amines) is 1. The highest BCUT2D eigenvalue weighted by molar-refractivity contribution is 5.98. The molecule has 3 saturated heterocycles. The maximum atomic E-state index is 13.6. The van der Waals surface area contributed by atoms with Crippen LogP contribution >= 0.6 is 0 Å². The summed E-state index contributed by atoms with van der Waals surface area (Å²) >= 11 is 0. The van der Waals surface area contributed by atoms with Gasteiger partial charge in [-0.15, -0.1) is 0 Å². The predicted octanol–water partition coefficient (Wildman–Crippen LogP) is 4.21. The third-order valence-electron chi connectivity index (χ3n) is 8.05. The molecule has 2 bridgehead atoms. The summed E-state index contributed by atoms with van der Waals surface area (Å²) < 4.78 is 2.11. The van der Waals surface area contributed by atoms with Crippen LogP contribution in [-0.4, -0.2) is 52.0 Å². The number of aromatic nitrogens is 1. The lowest BCUT2D eigenvalue weighted by atomic mass is 9.68. The van der Waals surface area contributed by atoms with Crippen LogP contribution in [0, 0.1) is 11.8 Å². The lowest BCUT2D eigenvalue weighted by molar-refractivity contribution is 0.00148. The smallest absolute Gasteiger partial charge is 0.254 e. The largest absolute Gasteiger partial charge is 0.351 e. The summed E-state index contributed by atoms with van der Waals surface area (Å²) in [5, 5.41) is 1.16. The summed E-state index contributed by atoms with van der Waals surface area (Å²) in [4.78, 5) is 18.6. The molecule has 0 N–H and O–H groups in total. The molecule has 0 spiro atoms. The monoisotopic (exact) mass is 389 g/mol. The zero-order valence-corrected chi connectivity index (χ0v) is 17.4. The van der Waals surface area contributed by atoms with Gasteiger partial charge < -0.3 is 9.47 Å². The summed E-state index contributed by atoms with van der Waals surface area (Å²) in [6.45, 7) is 3.34. The Morgan fingerprint density at radius 1 is 1.10 bits per heavy atom. The number of rotatable bonds is 1. The second-order valence-electron chi connectivity index (χ2n) is 9.71. The number of benzene rings is 1. The van der Waals surface area contributed by atoms with Crippen molar-refractivity contribution >= 4 is 16.8 Å². The fourth-order valence-corrected chi connectivity index (χ4v) is 6.78. The number of nitrogens with zero attached hydrogens (tertiary/aromatic N) is 3. The normalized spacial score (nSPS) is 31.9. The third kappa shape index (κ3) is 2.79. The Balaban J connectivity index is 1.33. The predicted molar refractivity (Wildman–Crippen MR) is 116 cm³/mol. The van der Waals surface area contributed by atoms with Crippen LogP contribution in [0.2, 0.25) is 0 Å². The number of piperidine rings is 3. The maximum Gasteiger partial charge on any atom is 0.254 e. The van der Waals surface area contributed by atoms with Crippen molar-refractivity contribution in [3.8, 4) is 0 Å². The topological polar surface area (TPSA) is 28.5 Å². The van der Waals surface area contributed by atoms with Gasteiger partial charge in [-0.05, 0) is 74.8 Å². The number of hydrogen-bond donors (Lipinski definition) is 0. The SMILES string of the molecule is Cn1ccc2cc(C(=O)N3CCCC4=C[C@H]5C[C@@H](CN6CCCCC56)C43)ccc21. The minimum Gasteiger partial charge on any atom is -0.351 e. The molecule has 6 rings (SSSR count). The number of hydrogen-bond acceptors (Lipinski definition) is 2. The van der Waals surface area contributed by atoms with Gasteiger partial charge in [-0.25, -0.2) is 0 Å². The van der Waals surface area contributed by atoms with Gasteiger partial charge in [0.25, 0.3) is 5.91 Å². The Morgan fingerprint density at radius 2 is 2.03 bits per heavy atom. The van der Waals surface area contributed by atoms with Crippen molar-refractivity contribution in [2.24, 2.45) is 18.9 Å². The van der Waals surface area contributed by atoms with E-state index < -0.39 is 0 Å². The number of fused-ring (bicyclic) bond motifs is 7. The van der Waals surface area contributed by atoms with Gasteiger partial charge in [0, 0.05) is 48.8 Å². The van der Waals surface area contributed by atoms with E-state index in [-0.39, 0.29) is 5.91 Å². The first kappa shape index (κ1) is 17.8. The third-order valence-corrected chi connectivity index (χ3v) is 8.05. The maximum absolute atomic E-state index is 13.6. The zero-order valence-electron chi connectivity index (χ0n) is 17.4. The second kappa shape index (κ2) is 6.73. The van der Waals surface area contributed by atoms with Crippen molar-refractivity contribution in [1.29, 1.82) is 0 Å². The average molecular weight is 390 g/mol. The standard InChI is InChI=1S/C25H31N3O/c1-26-12-9-17-13-19(7-8-22(17)26)25(29)28-11-4-5-18-14-20-15-21(24(18)28)16-27-10-3-2-6-23(20)27/h7-9,12-14,20-21,23-24H,2-6,10-11,15-16H2,1H3/t20-,21-,23?,24?/m0/s1. The van der Waals surface area contributed by atoms with E-state index in [0.29, 0.717) is 12.0 Å². The summed E-state index contributed by atoms with van der Waals surface area (Å²) in [5.74, 6) is 1.56. The number of amides is 1. The van der Waals surface area contributed by atoms with Crippen LogP contribution in [0.25, 0.3) is 10.9 Å². The first-order valence-electron chi connectivity index (χ1n) is 11.5. The summed E-state index contributed by atoms with van der Waals surface area (Å²) in [7, 11) is 2.06. The Morgan fingerprint density at radius 3 is 2.97 bits per heavy atom. The molecule has 0 radical (unpaired) electrons. The molecule has 1 aromatic carbocycles. The highest BCUT2D eigenvalue weighted by Crippen LogP contribution is 2.45. The van der Waals surface area contributed by atoms with E-state index in [1.807, 2.05) is 6.07 Å². The van der Waals surface area contributed by atoms with Gasteiger partial charge in [0.15, 0.2) is 0 Å². The molecular weight excluding hydrogens is 358 g/mol. The molecule has 1 aromatic heterocycles. The van der Waals surface area contributed by atoms with Gasteiger partial charge in [0.1, 0.15) is 0 Å². The van der Waals surface area contributed by atoms with E-state index >= 15 is 0 Å². The lowest BCUT2D eigenvalue weighted by Gasteiger charge is -2.54. The van der Waals surface area contributed by atoms with Crippen LogP contribution < -0.4 is 0 Å². The molecule has 29 heavy (non-hydrogen) atoms. The van der Waals surface area contributed by atoms with Crippen molar-refractivity contribution in [1.82, 2.24) is 14.4 Å². The van der Waals surface area contributed by atoms with Gasteiger partial charge in [-0.1, -0.05) is 18.1 Å². The molecule has 4 aliphatic rings. The second-order valence-corrected chi connectivity index (χ2v) is 9.71. The molecule has 1 aliphatic carbocycles. The van der Waals surface area contributed by atoms with Crippen molar-refractivity contribution in [3.05, 3.63) is 47.7 Å². The van der Waals surface area contributed by atoms with E-state index in [2.05, 4.69) is 51.9 Å². The molecule has 2 aromatic rings. The van der Waals surface area contributed by atoms with Crippen LogP contribution in [-0.2, 0) is 7.05 Å². The average Bonchev–Trinajstić information content (AvgIpc) is 3.13. The van der Waals surface area contributed by atoms with Crippen LogP contribution in [0.1, 0.15) is 48.9 Å². The Labute approximate surface area is 173 Å². The van der Waals surface area contributed by atoms with Gasteiger partial charge >= 0.3 is 0 Å². The molecule has 2 unspecified atom stereocenters. The first-order valence-corrected chi connectivity index (χ1v) is 11.5. The molecule has 1 amide bonds. The van der Waals surface area contributed by atoms with Gasteiger partial charge in [0.05, 0.1) is 6.04 Å². The molecule has 4 nitrogen and oxygen atoms in total. The number of aryl methyl sites for hydroxylation is 1. The van der Waals surface area contributed by atoms with Gasteiger partial charge in [-0.2, -0.15) is 0 Å². The Hall–Kier alpha value is -2.07. The van der Waals surface area contributed by atoms with E-state index in [0.717, 1.165) is 35.9 Å². The van der Waals surface area contributed by atoms with Crippen LogP contribution in [0.4, 0.5) is 0 Å². The van der Waals surface area contributed by atoms with Crippen LogP contribution in [0.5, 0.6) is 0 Å². The van der Waals surface area contributed by atoms with E-state index in [9.17, 15) is 4.79 Å². The van der Waals surface area contributed by atoms with Crippen LogP contribution in [0.15, 0.2) is 42.1 Å². The molecule has 0 saturated carbocycles. The van der Waals surface area contributed by atoms with E-state index in [1.165, 1.54) is 50.7 Å². The highest BCUT2D eigenvalue weighted by atomic mass is 16.2. The molecular formula is C25H31N3O. The molecule has 152 valence electrons.